The van der Waals surface area contributed by atoms with Crippen molar-refractivity contribution < 1.29 is 0 Å². The summed E-state index contributed by atoms with van der Waals surface area (Å²) in [7, 11) is 1.90. The van der Waals surface area contributed by atoms with Crippen LogP contribution in [0.5, 0.6) is 0 Å². The second kappa shape index (κ2) is 9.82. The van der Waals surface area contributed by atoms with Crippen LogP contribution in [0, 0.1) is 5.92 Å². The highest BCUT2D eigenvalue weighted by Gasteiger charge is 2.23. The first-order valence-electron chi connectivity index (χ1n) is 8.76. The molecule has 0 bridgehead atoms. The molecule has 0 saturated carbocycles. The first kappa shape index (κ1) is 19.8. The Balaban J connectivity index is 0.00000208. The van der Waals surface area contributed by atoms with Gasteiger partial charge >= 0.3 is 0 Å². The smallest absolute Gasteiger partial charge is 0.193 e. The molecule has 24 heavy (non-hydrogen) atoms. The van der Waals surface area contributed by atoms with Crippen LogP contribution >= 0.6 is 35.3 Å². The fourth-order valence-corrected chi connectivity index (χ4v) is 4.31. The third-order valence-electron chi connectivity index (χ3n) is 4.97. The third kappa shape index (κ3) is 4.98. The van der Waals surface area contributed by atoms with Gasteiger partial charge in [-0.05, 0) is 42.9 Å². The lowest BCUT2D eigenvalue weighted by Gasteiger charge is -2.37. The van der Waals surface area contributed by atoms with Gasteiger partial charge in [0.1, 0.15) is 0 Å². The van der Waals surface area contributed by atoms with E-state index < -0.39 is 0 Å². The number of rotatable bonds is 4. The van der Waals surface area contributed by atoms with E-state index >= 15 is 0 Å². The Morgan fingerprint density at radius 2 is 2.08 bits per heavy atom. The number of guanidine groups is 1. The molecule has 136 valence electrons. The van der Waals surface area contributed by atoms with E-state index in [0.717, 1.165) is 44.6 Å². The van der Waals surface area contributed by atoms with Crippen molar-refractivity contribution in [1.29, 1.82) is 0 Å². The van der Waals surface area contributed by atoms with Gasteiger partial charge in [0.05, 0.1) is 5.00 Å². The molecule has 2 aliphatic heterocycles. The number of aliphatic imine (C=N–C) groups is 1. The number of nitrogens with one attached hydrogen (secondary N) is 1. The number of likely N-dealkylation sites (tertiary alicyclic amines) is 1. The van der Waals surface area contributed by atoms with Crippen LogP contribution in [0.3, 0.4) is 0 Å². The lowest BCUT2D eigenvalue weighted by Crippen LogP contribution is -2.53. The van der Waals surface area contributed by atoms with Crippen molar-refractivity contribution in [3.63, 3.8) is 0 Å². The standard InChI is InChI=1S/C17H29N5S.HI/c1-3-20-7-6-15(14-20)13-19-17(18-2)22-10-8-21(9-11-22)16-5-4-12-23-16;/h4-5,12,15H,3,6-11,13-14H2,1-2H3,(H,18,19);1H. The van der Waals surface area contributed by atoms with Gasteiger partial charge < -0.3 is 20.0 Å². The number of piperazine rings is 1. The summed E-state index contributed by atoms with van der Waals surface area (Å²) >= 11 is 1.83. The van der Waals surface area contributed by atoms with Gasteiger partial charge in [0.2, 0.25) is 0 Å². The minimum atomic E-state index is 0. The number of thiophene rings is 1. The Kier molecular flexibility index (Phi) is 8.09. The number of hydrogen-bond acceptors (Lipinski definition) is 4. The molecule has 2 aliphatic rings. The third-order valence-corrected chi connectivity index (χ3v) is 5.90. The fourth-order valence-electron chi connectivity index (χ4n) is 3.52. The molecule has 0 aliphatic carbocycles. The highest BCUT2D eigenvalue weighted by atomic mass is 127. The molecule has 3 heterocycles. The Hall–Kier alpha value is -0.540. The highest BCUT2D eigenvalue weighted by Crippen LogP contribution is 2.22. The van der Waals surface area contributed by atoms with Crippen LogP contribution in [0.15, 0.2) is 22.5 Å². The molecule has 7 heteroatoms. The van der Waals surface area contributed by atoms with Crippen LogP contribution in [0.25, 0.3) is 0 Å². The lowest BCUT2D eigenvalue weighted by atomic mass is 10.1. The maximum Gasteiger partial charge on any atom is 0.193 e. The van der Waals surface area contributed by atoms with E-state index in [1.807, 2.05) is 18.4 Å². The normalized spacial score (nSPS) is 22.6. The molecule has 0 radical (unpaired) electrons. The Labute approximate surface area is 167 Å². The average molecular weight is 463 g/mol. The predicted octanol–water partition coefficient (Wildman–Crippen LogP) is 2.41. The average Bonchev–Trinajstić information content (AvgIpc) is 3.28. The molecular formula is C17H30IN5S. The van der Waals surface area contributed by atoms with Crippen molar-refractivity contribution >= 4 is 46.3 Å². The summed E-state index contributed by atoms with van der Waals surface area (Å²) < 4.78 is 0. The van der Waals surface area contributed by atoms with E-state index in [4.69, 9.17) is 0 Å². The summed E-state index contributed by atoms with van der Waals surface area (Å²) in [6.45, 7) is 11.2. The summed E-state index contributed by atoms with van der Waals surface area (Å²) in [4.78, 5) is 11.9. The summed E-state index contributed by atoms with van der Waals surface area (Å²) in [6.07, 6.45) is 1.31. The largest absolute Gasteiger partial charge is 0.360 e. The van der Waals surface area contributed by atoms with Crippen LogP contribution < -0.4 is 10.2 Å². The molecular weight excluding hydrogens is 433 g/mol. The van der Waals surface area contributed by atoms with E-state index in [1.54, 1.807) is 0 Å². The van der Waals surface area contributed by atoms with Crippen molar-refractivity contribution in [2.24, 2.45) is 10.9 Å². The Morgan fingerprint density at radius 3 is 2.67 bits per heavy atom. The van der Waals surface area contributed by atoms with Gasteiger partial charge in [-0.25, -0.2) is 0 Å². The topological polar surface area (TPSA) is 34.1 Å². The molecule has 1 N–H and O–H groups in total. The number of hydrogen-bond donors (Lipinski definition) is 1. The number of nitrogens with zero attached hydrogens (tertiary/aromatic N) is 4. The Bertz CT molecular complexity index is 499. The van der Waals surface area contributed by atoms with Gasteiger partial charge in [-0.3, -0.25) is 4.99 Å². The molecule has 2 saturated heterocycles. The first-order valence-corrected chi connectivity index (χ1v) is 9.64. The van der Waals surface area contributed by atoms with Gasteiger partial charge in [0.15, 0.2) is 5.96 Å². The summed E-state index contributed by atoms with van der Waals surface area (Å²) in [5, 5.41) is 7.15. The maximum absolute atomic E-state index is 4.50. The molecule has 0 aromatic carbocycles. The zero-order chi connectivity index (χ0) is 16.1. The highest BCUT2D eigenvalue weighted by molar-refractivity contribution is 14.0. The van der Waals surface area contributed by atoms with Crippen molar-refractivity contribution in [3.05, 3.63) is 17.5 Å². The van der Waals surface area contributed by atoms with Gasteiger partial charge in [0, 0.05) is 46.3 Å². The molecule has 1 atom stereocenters. The second-order valence-corrected chi connectivity index (χ2v) is 7.33. The van der Waals surface area contributed by atoms with Gasteiger partial charge in [0.25, 0.3) is 0 Å². The Morgan fingerprint density at radius 1 is 1.29 bits per heavy atom. The fraction of sp³-hybridized carbons (Fsp3) is 0.706. The molecule has 5 nitrogen and oxygen atoms in total. The molecule has 0 spiro atoms. The summed E-state index contributed by atoms with van der Waals surface area (Å²) in [5.74, 6) is 1.84. The van der Waals surface area contributed by atoms with Gasteiger partial charge in [-0.1, -0.05) is 6.92 Å². The zero-order valence-electron chi connectivity index (χ0n) is 14.8. The van der Waals surface area contributed by atoms with Crippen LogP contribution in [0.1, 0.15) is 13.3 Å². The minimum absolute atomic E-state index is 0. The molecule has 2 fully saturated rings. The second-order valence-electron chi connectivity index (χ2n) is 6.40. The minimum Gasteiger partial charge on any atom is -0.360 e. The quantitative estimate of drug-likeness (QED) is 0.423. The van der Waals surface area contributed by atoms with E-state index in [2.05, 4.69) is 49.4 Å². The maximum atomic E-state index is 4.50. The van der Waals surface area contributed by atoms with Crippen molar-refractivity contribution in [2.75, 3.05) is 64.3 Å². The van der Waals surface area contributed by atoms with Crippen LogP contribution in [0.2, 0.25) is 0 Å². The first-order chi connectivity index (χ1) is 11.3. The SMILES string of the molecule is CCN1CCC(CNC(=NC)N2CCN(c3cccs3)CC2)C1.I. The molecule has 3 rings (SSSR count). The lowest BCUT2D eigenvalue weighted by molar-refractivity contribution is 0.338. The van der Waals surface area contributed by atoms with E-state index in [0.29, 0.717) is 0 Å². The van der Waals surface area contributed by atoms with Crippen LogP contribution in [-0.4, -0.2) is 75.2 Å². The van der Waals surface area contributed by atoms with Crippen LogP contribution in [0.4, 0.5) is 5.00 Å². The van der Waals surface area contributed by atoms with Crippen molar-refractivity contribution in [1.82, 2.24) is 15.1 Å². The molecule has 1 aromatic rings. The zero-order valence-corrected chi connectivity index (χ0v) is 17.9. The van der Waals surface area contributed by atoms with Gasteiger partial charge in [-0.2, -0.15) is 0 Å². The molecule has 1 unspecified atom stereocenters. The molecule has 1 aromatic heterocycles. The molecule has 0 amide bonds. The number of halogens is 1. The van der Waals surface area contributed by atoms with E-state index in [-0.39, 0.29) is 24.0 Å². The summed E-state index contributed by atoms with van der Waals surface area (Å²) in [6, 6.07) is 4.35. The van der Waals surface area contributed by atoms with Crippen LogP contribution in [-0.2, 0) is 0 Å². The summed E-state index contributed by atoms with van der Waals surface area (Å²) in [5.41, 5.74) is 0. The van der Waals surface area contributed by atoms with Crippen molar-refractivity contribution in [2.45, 2.75) is 13.3 Å². The van der Waals surface area contributed by atoms with E-state index in [9.17, 15) is 0 Å². The monoisotopic (exact) mass is 463 g/mol. The number of anilines is 1. The predicted molar refractivity (Wildman–Crippen MR) is 115 cm³/mol. The van der Waals surface area contributed by atoms with Crippen molar-refractivity contribution in [3.8, 4) is 0 Å². The van der Waals surface area contributed by atoms with E-state index in [1.165, 1.54) is 31.1 Å². The van der Waals surface area contributed by atoms with Gasteiger partial charge in [-0.15, -0.1) is 35.3 Å².